The number of aliphatic hydroxyl groups is 1. The minimum atomic E-state index is -4.40. The van der Waals surface area contributed by atoms with Crippen molar-refractivity contribution in [3.63, 3.8) is 0 Å². The molecule has 2 aliphatic heterocycles. The first-order valence-electron chi connectivity index (χ1n) is 10.3. The number of hydrogen-bond acceptors (Lipinski definition) is 4. The van der Waals surface area contributed by atoms with Crippen LogP contribution < -0.4 is 5.32 Å². The standard InChI is InChI=1S/C21H27F3N4O/c22-21(23,24)20-18-17(9-10-25-20)28(26-19(18)15-7-3-1-4-8-15)14-16(29)13-27-11-5-2-6-12-27/h1,3-4,7-8,16,20,25,29H,2,5-6,9-14H2. The van der Waals surface area contributed by atoms with Crippen LogP contribution in [0.5, 0.6) is 0 Å². The summed E-state index contributed by atoms with van der Waals surface area (Å²) in [6.45, 7) is 2.89. The largest absolute Gasteiger partial charge is 0.408 e. The number of hydrogen-bond donors (Lipinski definition) is 2. The smallest absolute Gasteiger partial charge is 0.390 e. The van der Waals surface area contributed by atoms with Crippen molar-refractivity contribution in [2.45, 2.75) is 50.6 Å². The van der Waals surface area contributed by atoms with Gasteiger partial charge in [0.05, 0.1) is 18.3 Å². The molecule has 2 aliphatic rings. The Hall–Kier alpha value is -1.90. The van der Waals surface area contributed by atoms with Gasteiger partial charge in [0.2, 0.25) is 0 Å². The summed E-state index contributed by atoms with van der Waals surface area (Å²) >= 11 is 0. The predicted octanol–water partition coefficient (Wildman–Crippen LogP) is 3.15. The number of nitrogens with zero attached hydrogens (tertiary/aromatic N) is 3. The van der Waals surface area contributed by atoms with Gasteiger partial charge in [-0.15, -0.1) is 0 Å². The van der Waals surface area contributed by atoms with Crippen molar-refractivity contribution in [3.8, 4) is 11.3 Å². The van der Waals surface area contributed by atoms with E-state index in [1.165, 1.54) is 6.42 Å². The number of halogens is 3. The molecule has 0 amide bonds. The molecule has 1 aromatic carbocycles. The van der Waals surface area contributed by atoms with E-state index in [0.717, 1.165) is 25.9 Å². The number of aromatic nitrogens is 2. The van der Waals surface area contributed by atoms with Crippen LogP contribution in [0.3, 0.4) is 0 Å². The molecular weight excluding hydrogens is 381 g/mol. The summed E-state index contributed by atoms with van der Waals surface area (Å²) in [6, 6.07) is 7.23. The fourth-order valence-electron chi connectivity index (χ4n) is 4.45. The first-order chi connectivity index (χ1) is 13.9. The predicted molar refractivity (Wildman–Crippen MR) is 104 cm³/mol. The molecule has 4 rings (SSSR count). The summed E-state index contributed by atoms with van der Waals surface area (Å²) in [7, 11) is 0. The highest BCUT2D eigenvalue weighted by molar-refractivity contribution is 5.65. The molecule has 0 bridgehead atoms. The Balaban J connectivity index is 1.65. The Labute approximate surface area is 168 Å². The number of nitrogens with one attached hydrogen (secondary N) is 1. The molecule has 1 aromatic heterocycles. The van der Waals surface area contributed by atoms with Crippen molar-refractivity contribution < 1.29 is 18.3 Å². The van der Waals surface area contributed by atoms with Gasteiger partial charge in [0.25, 0.3) is 0 Å². The molecule has 29 heavy (non-hydrogen) atoms. The van der Waals surface area contributed by atoms with Crippen molar-refractivity contribution >= 4 is 0 Å². The number of alkyl halides is 3. The van der Waals surface area contributed by atoms with E-state index in [0.29, 0.717) is 29.9 Å². The van der Waals surface area contributed by atoms with Crippen LogP contribution in [0.25, 0.3) is 11.3 Å². The minimum absolute atomic E-state index is 0.195. The first-order valence-corrected chi connectivity index (χ1v) is 10.3. The fraction of sp³-hybridized carbons (Fsp3) is 0.571. The summed E-state index contributed by atoms with van der Waals surface area (Å²) in [5.41, 5.74) is 1.77. The molecule has 1 saturated heterocycles. The molecule has 158 valence electrons. The first kappa shape index (κ1) is 20.4. The topological polar surface area (TPSA) is 53.3 Å². The quantitative estimate of drug-likeness (QED) is 0.798. The number of fused-ring (bicyclic) bond motifs is 1. The fourth-order valence-corrected chi connectivity index (χ4v) is 4.45. The number of likely N-dealkylation sites (tertiary alicyclic amines) is 1. The third-order valence-electron chi connectivity index (χ3n) is 5.77. The molecule has 5 nitrogen and oxygen atoms in total. The van der Waals surface area contributed by atoms with E-state index < -0.39 is 18.3 Å². The van der Waals surface area contributed by atoms with Crippen molar-refractivity contribution in [2.75, 3.05) is 26.2 Å². The molecule has 2 aromatic rings. The van der Waals surface area contributed by atoms with E-state index >= 15 is 0 Å². The maximum atomic E-state index is 13.7. The van der Waals surface area contributed by atoms with Crippen LogP contribution in [-0.2, 0) is 13.0 Å². The van der Waals surface area contributed by atoms with Gasteiger partial charge >= 0.3 is 6.18 Å². The highest BCUT2D eigenvalue weighted by Crippen LogP contribution is 2.41. The van der Waals surface area contributed by atoms with Crippen LogP contribution >= 0.6 is 0 Å². The molecule has 2 unspecified atom stereocenters. The number of rotatable bonds is 5. The molecule has 1 fully saturated rings. The maximum absolute atomic E-state index is 13.7. The van der Waals surface area contributed by atoms with E-state index in [-0.39, 0.29) is 18.7 Å². The summed E-state index contributed by atoms with van der Waals surface area (Å²) < 4.78 is 42.8. The maximum Gasteiger partial charge on any atom is 0.408 e. The van der Waals surface area contributed by atoms with Gasteiger partial charge < -0.3 is 15.3 Å². The van der Waals surface area contributed by atoms with Crippen LogP contribution in [0.4, 0.5) is 13.2 Å². The number of aliphatic hydroxyl groups excluding tert-OH is 1. The Morgan fingerprint density at radius 1 is 1.10 bits per heavy atom. The molecule has 0 saturated carbocycles. The molecule has 2 N–H and O–H groups in total. The third kappa shape index (κ3) is 4.49. The lowest BCUT2D eigenvalue weighted by Crippen LogP contribution is -2.40. The van der Waals surface area contributed by atoms with Crippen molar-refractivity contribution in [1.82, 2.24) is 20.0 Å². The van der Waals surface area contributed by atoms with Gasteiger partial charge in [-0.1, -0.05) is 36.8 Å². The number of piperidine rings is 1. The Morgan fingerprint density at radius 3 is 2.52 bits per heavy atom. The summed E-state index contributed by atoms with van der Waals surface area (Å²) in [5, 5.41) is 17.8. The molecule has 8 heteroatoms. The van der Waals surface area contributed by atoms with E-state index in [1.807, 2.05) is 6.07 Å². The second-order valence-electron chi connectivity index (χ2n) is 7.95. The average Bonchev–Trinajstić information content (AvgIpc) is 3.07. The zero-order chi connectivity index (χ0) is 20.4. The van der Waals surface area contributed by atoms with Gasteiger partial charge in [0.15, 0.2) is 0 Å². The summed E-state index contributed by atoms with van der Waals surface area (Å²) in [4.78, 5) is 2.22. The lowest BCUT2D eigenvalue weighted by molar-refractivity contribution is -0.158. The Kier molecular flexibility index (Phi) is 5.94. The lowest BCUT2D eigenvalue weighted by Gasteiger charge is -2.29. The van der Waals surface area contributed by atoms with Crippen LogP contribution in [0, 0.1) is 0 Å². The Bertz CT molecular complexity index is 815. The zero-order valence-electron chi connectivity index (χ0n) is 16.3. The molecule has 0 radical (unpaired) electrons. The summed E-state index contributed by atoms with van der Waals surface area (Å²) in [5.74, 6) is 0. The highest BCUT2D eigenvalue weighted by Gasteiger charge is 2.46. The van der Waals surface area contributed by atoms with Gasteiger partial charge in [-0.3, -0.25) is 4.68 Å². The van der Waals surface area contributed by atoms with Crippen LogP contribution in [0.15, 0.2) is 30.3 Å². The van der Waals surface area contributed by atoms with Gasteiger partial charge in [0, 0.05) is 36.3 Å². The van der Waals surface area contributed by atoms with Crippen LogP contribution in [-0.4, -0.2) is 58.2 Å². The van der Waals surface area contributed by atoms with Crippen LogP contribution in [0.1, 0.15) is 36.6 Å². The molecule has 0 spiro atoms. The molecule has 2 atom stereocenters. The highest BCUT2D eigenvalue weighted by atomic mass is 19.4. The normalized spacial score (nSPS) is 21.7. The minimum Gasteiger partial charge on any atom is -0.390 e. The van der Waals surface area contributed by atoms with E-state index in [9.17, 15) is 18.3 Å². The van der Waals surface area contributed by atoms with Crippen LogP contribution in [0.2, 0.25) is 0 Å². The van der Waals surface area contributed by atoms with Crippen molar-refractivity contribution in [2.24, 2.45) is 0 Å². The zero-order valence-corrected chi connectivity index (χ0v) is 16.3. The second-order valence-corrected chi connectivity index (χ2v) is 7.95. The lowest BCUT2D eigenvalue weighted by atomic mass is 9.94. The molecule has 0 aliphatic carbocycles. The second kappa shape index (κ2) is 8.45. The third-order valence-corrected chi connectivity index (χ3v) is 5.77. The van der Waals surface area contributed by atoms with Gasteiger partial charge in [-0.05, 0) is 25.9 Å². The SMILES string of the molecule is OC(CN1CCCCC1)Cn1nc(-c2ccccc2)c2c1CCNC2C(F)(F)F. The van der Waals surface area contributed by atoms with E-state index in [1.54, 1.807) is 28.9 Å². The molecule has 3 heterocycles. The monoisotopic (exact) mass is 408 g/mol. The van der Waals surface area contributed by atoms with Crippen molar-refractivity contribution in [3.05, 3.63) is 41.6 Å². The van der Waals surface area contributed by atoms with E-state index in [4.69, 9.17) is 0 Å². The van der Waals surface area contributed by atoms with E-state index in [2.05, 4.69) is 15.3 Å². The van der Waals surface area contributed by atoms with Crippen molar-refractivity contribution in [1.29, 1.82) is 0 Å². The average molecular weight is 408 g/mol. The summed E-state index contributed by atoms with van der Waals surface area (Å²) in [6.07, 6.45) is -1.15. The number of β-amino-alcohol motifs (C(OH)–C–C–N with tert-alkyl or cyclic N) is 1. The van der Waals surface area contributed by atoms with Gasteiger partial charge in [0.1, 0.15) is 6.04 Å². The van der Waals surface area contributed by atoms with Gasteiger partial charge in [-0.2, -0.15) is 18.3 Å². The molecular formula is C21H27F3N4O. The number of benzene rings is 1. The Morgan fingerprint density at radius 2 is 1.83 bits per heavy atom. The van der Waals surface area contributed by atoms with Gasteiger partial charge in [-0.25, -0.2) is 0 Å².